The van der Waals surface area contributed by atoms with Crippen molar-refractivity contribution in [1.29, 1.82) is 0 Å². The molecule has 0 heterocycles. The molecule has 2 rings (SSSR count). The van der Waals surface area contributed by atoms with Gasteiger partial charge in [-0.15, -0.1) is 11.6 Å². The summed E-state index contributed by atoms with van der Waals surface area (Å²) in [6.45, 7) is 0. The number of rotatable bonds is 4. The minimum atomic E-state index is -3.98. The Morgan fingerprint density at radius 3 is 2.45 bits per heavy atom. The fraction of sp³-hybridized carbons (Fsp3) is 0.0769. The van der Waals surface area contributed by atoms with Gasteiger partial charge in [0.05, 0.1) is 4.90 Å². The zero-order valence-electron chi connectivity index (χ0n) is 10.1. The lowest BCUT2D eigenvalue weighted by Gasteiger charge is -2.09. The Morgan fingerprint density at radius 2 is 1.80 bits per heavy atom. The van der Waals surface area contributed by atoms with Crippen molar-refractivity contribution in [3.8, 4) is 0 Å². The molecule has 106 valence electrons. The van der Waals surface area contributed by atoms with E-state index in [0.29, 0.717) is 11.8 Å². The van der Waals surface area contributed by atoms with Crippen LogP contribution in [0.1, 0.15) is 5.56 Å². The van der Waals surface area contributed by atoms with Gasteiger partial charge in [0, 0.05) is 11.6 Å². The smallest absolute Gasteiger partial charge is 0.261 e. The lowest BCUT2D eigenvalue weighted by Crippen LogP contribution is -2.13. The highest BCUT2D eigenvalue weighted by Gasteiger charge is 2.16. The summed E-state index contributed by atoms with van der Waals surface area (Å²) in [6, 6.07) is 8.86. The molecule has 2 aromatic rings. The summed E-state index contributed by atoms with van der Waals surface area (Å²) in [6.07, 6.45) is 0. The molecule has 0 aliphatic heterocycles. The minimum absolute atomic E-state index is 0.237. The van der Waals surface area contributed by atoms with E-state index >= 15 is 0 Å². The van der Waals surface area contributed by atoms with E-state index < -0.39 is 21.7 Å². The molecule has 0 saturated heterocycles. The molecule has 20 heavy (non-hydrogen) atoms. The highest BCUT2D eigenvalue weighted by Crippen LogP contribution is 2.19. The van der Waals surface area contributed by atoms with Crippen molar-refractivity contribution < 1.29 is 17.2 Å². The molecule has 0 saturated carbocycles. The van der Waals surface area contributed by atoms with Gasteiger partial charge in [-0.25, -0.2) is 17.2 Å². The van der Waals surface area contributed by atoms with Crippen molar-refractivity contribution in [1.82, 2.24) is 0 Å². The van der Waals surface area contributed by atoms with Crippen LogP contribution in [0.5, 0.6) is 0 Å². The summed E-state index contributed by atoms with van der Waals surface area (Å²) < 4.78 is 52.2. The number of alkyl halides is 1. The standard InChI is InChI=1S/C13H10ClF2NO2S/c14-8-9-2-1-3-10(6-9)17-20(18,19)11-4-5-12(15)13(16)7-11/h1-7,17H,8H2. The molecule has 0 bridgehead atoms. The van der Waals surface area contributed by atoms with Crippen LogP contribution in [0.15, 0.2) is 47.4 Å². The maximum atomic E-state index is 13.1. The minimum Gasteiger partial charge on any atom is -0.280 e. The Morgan fingerprint density at radius 1 is 1.05 bits per heavy atom. The molecule has 0 amide bonds. The van der Waals surface area contributed by atoms with E-state index in [1.807, 2.05) is 0 Å². The van der Waals surface area contributed by atoms with E-state index in [2.05, 4.69) is 4.72 Å². The second-order valence-corrected chi connectivity index (χ2v) is 5.97. The van der Waals surface area contributed by atoms with Crippen LogP contribution in [-0.4, -0.2) is 8.42 Å². The molecule has 0 unspecified atom stereocenters. The summed E-state index contributed by atoms with van der Waals surface area (Å²) >= 11 is 5.66. The quantitative estimate of drug-likeness (QED) is 0.877. The van der Waals surface area contributed by atoms with E-state index in [-0.39, 0.29) is 10.8 Å². The summed E-state index contributed by atoms with van der Waals surface area (Å²) in [7, 11) is -3.98. The molecular weight excluding hydrogens is 308 g/mol. The number of halogens is 3. The molecule has 0 fully saturated rings. The molecule has 0 aliphatic rings. The van der Waals surface area contributed by atoms with Gasteiger partial charge in [0.15, 0.2) is 11.6 Å². The normalized spacial score (nSPS) is 11.3. The molecule has 0 atom stereocenters. The summed E-state index contributed by atoms with van der Waals surface area (Å²) in [5, 5.41) is 0. The highest BCUT2D eigenvalue weighted by molar-refractivity contribution is 7.92. The van der Waals surface area contributed by atoms with Gasteiger partial charge in [0.25, 0.3) is 10.0 Å². The first-order chi connectivity index (χ1) is 9.42. The Labute approximate surface area is 120 Å². The summed E-state index contributed by atoms with van der Waals surface area (Å²) in [5.74, 6) is -2.09. The third-order valence-corrected chi connectivity index (χ3v) is 4.22. The Hall–Kier alpha value is -1.66. The van der Waals surface area contributed by atoms with E-state index in [1.165, 1.54) is 6.07 Å². The zero-order chi connectivity index (χ0) is 14.8. The number of nitrogens with one attached hydrogen (secondary N) is 1. The fourth-order valence-corrected chi connectivity index (χ4v) is 2.80. The number of sulfonamides is 1. The lowest BCUT2D eigenvalue weighted by molar-refractivity contribution is 0.504. The first-order valence-corrected chi connectivity index (χ1v) is 7.57. The predicted octanol–water partition coefficient (Wildman–Crippen LogP) is 3.50. The van der Waals surface area contributed by atoms with Gasteiger partial charge >= 0.3 is 0 Å². The second kappa shape index (κ2) is 5.76. The van der Waals surface area contributed by atoms with Crippen molar-refractivity contribution in [3.05, 3.63) is 59.7 Å². The van der Waals surface area contributed by atoms with E-state index in [0.717, 1.165) is 17.7 Å². The summed E-state index contributed by atoms with van der Waals surface area (Å²) in [4.78, 5) is -0.354. The third-order valence-electron chi connectivity index (χ3n) is 2.53. The van der Waals surface area contributed by atoms with Crippen molar-refractivity contribution in [3.63, 3.8) is 0 Å². The van der Waals surface area contributed by atoms with E-state index in [4.69, 9.17) is 11.6 Å². The van der Waals surface area contributed by atoms with Gasteiger partial charge in [-0.1, -0.05) is 12.1 Å². The van der Waals surface area contributed by atoms with E-state index in [9.17, 15) is 17.2 Å². The number of hydrogen-bond acceptors (Lipinski definition) is 2. The first-order valence-electron chi connectivity index (χ1n) is 5.55. The van der Waals surface area contributed by atoms with Crippen molar-refractivity contribution in [2.75, 3.05) is 4.72 Å². The van der Waals surface area contributed by atoms with Gasteiger partial charge in [-0.05, 0) is 35.9 Å². The van der Waals surface area contributed by atoms with Crippen LogP contribution >= 0.6 is 11.6 Å². The molecule has 0 aliphatic carbocycles. The molecular formula is C13H10ClF2NO2S. The monoisotopic (exact) mass is 317 g/mol. The van der Waals surface area contributed by atoms with Crippen LogP contribution < -0.4 is 4.72 Å². The molecule has 0 aromatic heterocycles. The van der Waals surface area contributed by atoms with Gasteiger partial charge in [-0.2, -0.15) is 0 Å². The average Bonchev–Trinajstić information content (AvgIpc) is 2.41. The Balaban J connectivity index is 2.32. The largest absolute Gasteiger partial charge is 0.280 e. The Kier molecular flexibility index (Phi) is 4.25. The maximum absolute atomic E-state index is 13.1. The third kappa shape index (κ3) is 3.26. The first kappa shape index (κ1) is 14.7. The lowest BCUT2D eigenvalue weighted by atomic mass is 10.2. The second-order valence-electron chi connectivity index (χ2n) is 4.02. The van der Waals surface area contributed by atoms with Crippen molar-refractivity contribution >= 4 is 27.3 Å². The van der Waals surface area contributed by atoms with Crippen LogP contribution in [-0.2, 0) is 15.9 Å². The molecule has 0 spiro atoms. The molecule has 3 nitrogen and oxygen atoms in total. The molecule has 1 N–H and O–H groups in total. The van der Waals surface area contributed by atoms with Crippen LogP contribution in [0.4, 0.5) is 14.5 Å². The van der Waals surface area contributed by atoms with Crippen LogP contribution in [0.2, 0.25) is 0 Å². The number of benzene rings is 2. The number of hydrogen-bond donors (Lipinski definition) is 1. The van der Waals surface area contributed by atoms with E-state index in [1.54, 1.807) is 18.2 Å². The van der Waals surface area contributed by atoms with Crippen molar-refractivity contribution in [2.24, 2.45) is 0 Å². The summed E-state index contributed by atoms with van der Waals surface area (Å²) in [5.41, 5.74) is 1.03. The SMILES string of the molecule is O=S(=O)(Nc1cccc(CCl)c1)c1ccc(F)c(F)c1. The van der Waals surface area contributed by atoms with Crippen molar-refractivity contribution in [2.45, 2.75) is 10.8 Å². The topological polar surface area (TPSA) is 46.2 Å². The molecule has 0 radical (unpaired) electrons. The predicted molar refractivity (Wildman–Crippen MR) is 73.2 cm³/mol. The van der Waals surface area contributed by atoms with Gasteiger partial charge < -0.3 is 0 Å². The Bertz CT molecular complexity index is 735. The number of anilines is 1. The van der Waals surface area contributed by atoms with Crippen LogP contribution in [0, 0.1) is 11.6 Å². The maximum Gasteiger partial charge on any atom is 0.261 e. The molecule has 2 aromatic carbocycles. The van der Waals surface area contributed by atoms with Gasteiger partial charge in [0.2, 0.25) is 0 Å². The van der Waals surface area contributed by atoms with Crippen LogP contribution in [0.25, 0.3) is 0 Å². The van der Waals surface area contributed by atoms with Crippen LogP contribution in [0.3, 0.4) is 0 Å². The fourth-order valence-electron chi connectivity index (χ4n) is 1.58. The van der Waals surface area contributed by atoms with Gasteiger partial charge in [0.1, 0.15) is 0 Å². The van der Waals surface area contributed by atoms with Gasteiger partial charge in [-0.3, -0.25) is 4.72 Å². The average molecular weight is 318 g/mol. The molecule has 7 heteroatoms. The highest BCUT2D eigenvalue weighted by atomic mass is 35.5. The zero-order valence-corrected chi connectivity index (χ0v) is 11.7.